The Kier molecular flexibility index (Phi) is 3.67. The van der Waals surface area contributed by atoms with Crippen LogP contribution in [0.3, 0.4) is 0 Å². The summed E-state index contributed by atoms with van der Waals surface area (Å²) in [7, 11) is -3.39. The van der Waals surface area contributed by atoms with Crippen molar-refractivity contribution in [2.45, 2.75) is 18.4 Å². The molecule has 0 atom stereocenters. The maximum absolute atomic E-state index is 12.1. The average molecular weight is 275 g/mol. The summed E-state index contributed by atoms with van der Waals surface area (Å²) in [6, 6.07) is 9.81. The molecule has 0 spiro atoms. The Hall–Kier alpha value is -2.13. The molecule has 1 aromatic heterocycles. The van der Waals surface area contributed by atoms with Gasteiger partial charge in [-0.3, -0.25) is 4.68 Å². The van der Waals surface area contributed by atoms with E-state index in [0.29, 0.717) is 12.1 Å². The summed E-state index contributed by atoms with van der Waals surface area (Å²) < 4.78 is 25.9. The van der Waals surface area contributed by atoms with E-state index in [2.05, 4.69) is 5.10 Å². The van der Waals surface area contributed by atoms with E-state index in [1.807, 2.05) is 19.1 Å². The van der Waals surface area contributed by atoms with Crippen molar-refractivity contribution in [1.29, 1.82) is 5.26 Å². The molecule has 1 aromatic carbocycles. The van der Waals surface area contributed by atoms with Crippen LogP contribution in [0.1, 0.15) is 11.3 Å². The molecule has 19 heavy (non-hydrogen) atoms. The lowest BCUT2D eigenvalue weighted by atomic mass is 10.2. The van der Waals surface area contributed by atoms with Crippen LogP contribution >= 0.6 is 0 Å². The van der Waals surface area contributed by atoms with Gasteiger partial charge in [0.15, 0.2) is 9.84 Å². The van der Waals surface area contributed by atoms with Crippen molar-refractivity contribution in [3.63, 3.8) is 0 Å². The summed E-state index contributed by atoms with van der Waals surface area (Å²) in [6.45, 7) is 2.15. The standard InChI is InChI=1S/C13H13N3O2S/c1-11-5-6-16(15-11)7-8-19(17,18)13-4-2-3-12(9-13)10-14/h2-6,9H,7-8H2,1H3. The molecule has 98 valence electrons. The van der Waals surface area contributed by atoms with Crippen LogP contribution in [0.25, 0.3) is 0 Å². The quantitative estimate of drug-likeness (QED) is 0.848. The highest BCUT2D eigenvalue weighted by atomic mass is 32.2. The number of benzene rings is 1. The average Bonchev–Trinajstić information content (AvgIpc) is 2.82. The summed E-state index contributed by atoms with van der Waals surface area (Å²) in [5.74, 6) is -0.0387. The first kappa shape index (κ1) is 13.3. The van der Waals surface area contributed by atoms with Crippen molar-refractivity contribution in [1.82, 2.24) is 9.78 Å². The Labute approximate surface area is 112 Å². The monoisotopic (exact) mass is 275 g/mol. The van der Waals surface area contributed by atoms with Gasteiger partial charge in [-0.2, -0.15) is 10.4 Å². The number of nitriles is 1. The highest BCUT2D eigenvalue weighted by molar-refractivity contribution is 7.91. The predicted molar refractivity (Wildman–Crippen MR) is 70.2 cm³/mol. The minimum absolute atomic E-state index is 0.0387. The lowest BCUT2D eigenvalue weighted by molar-refractivity contribution is 0.579. The lowest BCUT2D eigenvalue weighted by Crippen LogP contribution is -2.13. The highest BCUT2D eigenvalue weighted by Crippen LogP contribution is 2.13. The Morgan fingerprint density at radius 3 is 2.79 bits per heavy atom. The number of aryl methyl sites for hydroxylation is 2. The van der Waals surface area contributed by atoms with Crippen molar-refractivity contribution < 1.29 is 8.42 Å². The topological polar surface area (TPSA) is 75.8 Å². The molecular weight excluding hydrogens is 262 g/mol. The first-order valence-corrected chi connectivity index (χ1v) is 7.39. The molecule has 0 amide bonds. The molecule has 0 aliphatic carbocycles. The Morgan fingerprint density at radius 2 is 2.16 bits per heavy atom. The van der Waals surface area contributed by atoms with Crippen LogP contribution in [0.15, 0.2) is 41.4 Å². The highest BCUT2D eigenvalue weighted by Gasteiger charge is 2.15. The molecule has 0 N–H and O–H groups in total. The van der Waals surface area contributed by atoms with Crippen LogP contribution in [0.4, 0.5) is 0 Å². The van der Waals surface area contributed by atoms with Gasteiger partial charge in [0.2, 0.25) is 0 Å². The van der Waals surface area contributed by atoms with E-state index in [0.717, 1.165) is 5.69 Å². The number of rotatable bonds is 4. The van der Waals surface area contributed by atoms with Gasteiger partial charge in [-0.25, -0.2) is 8.42 Å². The van der Waals surface area contributed by atoms with Crippen LogP contribution in [-0.4, -0.2) is 24.0 Å². The lowest BCUT2D eigenvalue weighted by Gasteiger charge is -2.05. The maximum Gasteiger partial charge on any atom is 0.180 e. The fourth-order valence-corrected chi connectivity index (χ4v) is 2.93. The number of hydrogen-bond acceptors (Lipinski definition) is 4. The third kappa shape index (κ3) is 3.20. The van der Waals surface area contributed by atoms with E-state index in [9.17, 15) is 8.42 Å². The molecule has 0 radical (unpaired) electrons. The van der Waals surface area contributed by atoms with Gasteiger partial charge in [0, 0.05) is 6.20 Å². The first-order valence-electron chi connectivity index (χ1n) is 5.74. The minimum Gasteiger partial charge on any atom is -0.271 e. The largest absolute Gasteiger partial charge is 0.271 e. The van der Waals surface area contributed by atoms with Crippen LogP contribution in [0.2, 0.25) is 0 Å². The molecular formula is C13H13N3O2S. The molecule has 2 aromatic rings. The van der Waals surface area contributed by atoms with Gasteiger partial charge in [0.05, 0.1) is 34.5 Å². The Morgan fingerprint density at radius 1 is 1.37 bits per heavy atom. The van der Waals surface area contributed by atoms with Crippen LogP contribution < -0.4 is 0 Å². The van der Waals surface area contributed by atoms with Gasteiger partial charge in [-0.1, -0.05) is 6.07 Å². The van der Waals surface area contributed by atoms with Gasteiger partial charge in [0.1, 0.15) is 0 Å². The van der Waals surface area contributed by atoms with Crippen molar-refractivity contribution in [2.24, 2.45) is 0 Å². The van der Waals surface area contributed by atoms with Crippen molar-refractivity contribution in [2.75, 3.05) is 5.75 Å². The molecule has 0 saturated carbocycles. The normalized spacial score (nSPS) is 11.2. The van der Waals surface area contributed by atoms with E-state index in [1.54, 1.807) is 23.0 Å². The third-order valence-corrected chi connectivity index (χ3v) is 4.38. The summed E-state index contributed by atoms with van der Waals surface area (Å²) in [6.07, 6.45) is 1.75. The molecule has 0 bridgehead atoms. The number of aromatic nitrogens is 2. The van der Waals surface area contributed by atoms with Gasteiger partial charge in [-0.15, -0.1) is 0 Å². The minimum atomic E-state index is -3.39. The van der Waals surface area contributed by atoms with Gasteiger partial charge in [0.25, 0.3) is 0 Å². The van der Waals surface area contributed by atoms with Gasteiger partial charge >= 0.3 is 0 Å². The molecule has 0 saturated heterocycles. The maximum atomic E-state index is 12.1. The number of sulfone groups is 1. The second-order valence-electron chi connectivity index (χ2n) is 4.18. The van der Waals surface area contributed by atoms with E-state index in [-0.39, 0.29) is 10.6 Å². The van der Waals surface area contributed by atoms with Crippen molar-refractivity contribution in [3.05, 3.63) is 47.8 Å². The zero-order valence-electron chi connectivity index (χ0n) is 10.4. The first-order chi connectivity index (χ1) is 9.01. The van der Waals surface area contributed by atoms with E-state index in [1.165, 1.54) is 12.1 Å². The van der Waals surface area contributed by atoms with Crippen LogP contribution in [0, 0.1) is 18.3 Å². The molecule has 2 rings (SSSR count). The Balaban J connectivity index is 2.16. The SMILES string of the molecule is Cc1ccn(CCS(=O)(=O)c2cccc(C#N)c2)n1. The summed E-state index contributed by atoms with van der Waals surface area (Å²) in [5.41, 5.74) is 1.19. The molecule has 0 aliphatic rings. The smallest absolute Gasteiger partial charge is 0.180 e. The molecule has 1 heterocycles. The Bertz CT molecular complexity index is 726. The fourth-order valence-electron chi connectivity index (χ4n) is 1.68. The van der Waals surface area contributed by atoms with Gasteiger partial charge in [-0.05, 0) is 31.2 Å². The summed E-state index contributed by atoms with van der Waals surface area (Å²) >= 11 is 0. The predicted octanol–water partition coefficient (Wildman–Crippen LogP) is 1.54. The fraction of sp³-hybridized carbons (Fsp3) is 0.231. The van der Waals surface area contributed by atoms with Gasteiger partial charge < -0.3 is 0 Å². The summed E-state index contributed by atoms with van der Waals surface area (Å²) in [5, 5.41) is 12.9. The van der Waals surface area contributed by atoms with Crippen molar-refractivity contribution >= 4 is 9.84 Å². The second kappa shape index (κ2) is 5.24. The molecule has 0 aliphatic heterocycles. The molecule has 0 unspecified atom stereocenters. The molecule has 0 fully saturated rings. The van der Waals surface area contributed by atoms with E-state index >= 15 is 0 Å². The zero-order chi connectivity index (χ0) is 13.9. The third-order valence-electron chi connectivity index (χ3n) is 2.69. The van der Waals surface area contributed by atoms with E-state index in [4.69, 9.17) is 5.26 Å². The molecule has 6 heteroatoms. The van der Waals surface area contributed by atoms with Crippen molar-refractivity contribution in [3.8, 4) is 6.07 Å². The second-order valence-corrected chi connectivity index (χ2v) is 6.29. The molecule has 5 nitrogen and oxygen atoms in total. The number of nitrogens with zero attached hydrogens (tertiary/aromatic N) is 3. The summed E-state index contributed by atoms with van der Waals surface area (Å²) in [4.78, 5) is 0.176. The van der Waals surface area contributed by atoms with Crippen LogP contribution in [-0.2, 0) is 16.4 Å². The van der Waals surface area contributed by atoms with E-state index < -0.39 is 9.84 Å². The van der Waals surface area contributed by atoms with Crippen LogP contribution in [0.5, 0.6) is 0 Å². The zero-order valence-corrected chi connectivity index (χ0v) is 11.3. The number of hydrogen-bond donors (Lipinski definition) is 0.